The van der Waals surface area contributed by atoms with E-state index < -0.39 is 6.04 Å². The fraction of sp³-hybridized carbons (Fsp3) is 0.333. The third kappa shape index (κ3) is 2.83. The third-order valence-electron chi connectivity index (χ3n) is 1.60. The molecule has 1 heterocycles. The Morgan fingerprint density at radius 1 is 1.69 bits per heavy atom. The highest BCUT2D eigenvalue weighted by atomic mass is 16.3. The van der Waals surface area contributed by atoms with Gasteiger partial charge in [0.15, 0.2) is 0 Å². The minimum atomic E-state index is -0.404. The van der Waals surface area contributed by atoms with Crippen LogP contribution in [0.2, 0.25) is 0 Å². The van der Waals surface area contributed by atoms with Gasteiger partial charge in [-0.25, -0.2) is 0 Å². The van der Waals surface area contributed by atoms with Gasteiger partial charge >= 0.3 is 0 Å². The standard InChI is InChI=1S/C9H12N2O2/c1-7(13)11-9(6-12)8-4-2-3-5-10-8/h2-5,9,12H,6H2,1H3,(H,11,13)/t9-/m0/s1. The molecule has 1 aromatic rings. The van der Waals surface area contributed by atoms with Crippen LogP contribution in [0.4, 0.5) is 0 Å². The van der Waals surface area contributed by atoms with Crippen molar-refractivity contribution in [1.82, 2.24) is 10.3 Å². The Labute approximate surface area is 76.6 Å². The maximum Gasteiger partial charge on any atom is 0.217 e. The van der Waals surface area contributed by atoms with Crippen LogP contribution in [0.15, 0.2) is 24.4 Å². The Morgan fingerprint density at radius 3 is 2.92 bits per heavy atom. The molecule has 0 aliphatic rings. The fourth-order valence-corrected chi connectivity index (χ4v) is 1.04. The van der Waals surface area contributed by atoms with E-state index in [0.717, 1.165) is 0 Å². The van der Waals surface area contributed by atoms with Crippen molar-refractivity contribution >= 4 is 5.91 Å². The highest BCUT2D eigenvalue weighted by molar-refractivity contribution is 5.73. The first-order valence-electron chi connectivity index (χ1n) is 4.03. The molecule has 4 heteroatoms. The van der Waals surface area contributed by atoms with E-state index in [4.69, 9.17) is 5.11 Å². The van der Waals surface area contributed by atoms with Crippen LogP contribution < -0.4 is 5.32 Å². The summed E-state index contributed by atoms with van der Waals surface area (Å²) in [7, 11) is 0. The van der Waals surface area contributed by atoms with Crippen LogP contribution in [-0.4, -0.2) is 22.6 Å². The average molecular weight is 180 g/mol. The molecule has 0 bridgehead atoms. The summed E-state index contributed by atoms with van der Waals surface area (Å²) in [6, 6.07) is 4.95. The zero-order chi connectivity index (χ0) is 9.68. The molecular weight excluding hydrogens is 168 g/mol. The molecule has 0 aliphatic carbocycles. The number of nitrogens with one attached hydrogen (secondary N) is 1. The van der Waals surface area contributed by atoms with Crippen LogP contribution >= 0.6 is 0 Å². The predicted molar refractivity (Wildman–Crippen MR) is 47.9 cm³/mol. The van der Waals surface area contributed by atoms with Gasteiger partial charge in [0.25, 0.3) is 0 Å². The van der Waals surface area contributed by atoms with Gasteiger partial charge in [-0.15, -0.1) is 0 Å². The van der Waals surface area contributed by atoms with E-state index in [-0.39, 0.29) is 12.5 Å². The van der Waals surface area contributed by atoms with Crippen molar-refractivity contribution in [3.63, 3.8) is 0 Å². The van der Waals surface area contributed by atoms with Gasteiger partial charge in [-0.2, -0.15) is 0 Å². The maximum atomic E-state index is 10.7. The molecule has 2 N–H and O–H groups in total. The number of rotatable bonds is 3. The van der Waals surface area contributed by atoms with E-state index in [9.17, 15) is 4.79 Å². The number of pyridine rings is 1. The number of hydrogen-bond acceptors (Lipinski definition) is 3. The second kappa shape index (κ2) is 4.57. The third-order valence-corrected chi connectivity index (χ3v) is 1.60. The summed E-state index contributed by atoms with van der Waals surface area (Å²) in [6.45, 7) is 1.27. The number of carbonyl (C=O) groups excluding carboxylic acids is 1. The number of amides is 1. The SMILES string of the molecule is CC(=O)N[C@@H](CO)c1ccccn1. The highest BCUT2D eigenvalue weighted by Gasteiger charge is 2.11. The quantitative estimate of drug-likeness (QED) is 0.701. The summed E-state index contributed by atoms with van der Waals surface area (Å²) in [4.78, 5) is 14.8. The molecule has 1 amide bonds. The van der Waals surface area contributed by atoms with Crippen LogP contribution in [0, 0.1) is 0 Å². The minimum Gasteiger partial charge on any atom is -0.394 e. The molecule has 1 atom stereocenters. The molecule has 1 rings (SSSR count). The largest absolute Gasteiger partial charge is 0.394 e. The molecular formula is C9H12N2O2. The average Bonchev–Trinajstić information content (AvgIpc) is 2.15. The number of carbonyl (C=O) groups is 1. The summed E-state index contributed by atoms with van der Waals surface area (Å²) >= 11 is 0. The van der Waals surface area contributed by atoms with Crippen LogP contribution in [0.1, 0.15) is 18.7 Å². The first-order chi connectivity index (χ1) is 6.24. The molecule has 0 saturated heterocycles. The smallest absolute Gasteiger partial charge is 0.217 e. The molecule has 0 spiro atoms. The van der Waals surface area contributed by atoms with Crippen molar-refractivity contribution in [2.24, 2.45) is 0 Å². The lowest BCUT2D eigenvalue weighted by Gasteiger charge is -2.13. The first kappa shape index (κ1) is 9.67. The summed E-state index contributed by atoms with van der Waals surface area (Å²) < 4.78 is 0. The van der Waals surface area contributed by atoms with E-state index in [2.05, 4.69) is 10.3 Å². The van der Waals surface area contributed by atoms with E-state index >= 15 is 0 Å². The number of aromatic nitrogens is 1. The van der Waals surface area contributed by atoms with Crippen molar-refractivity contribution in [3.05, 3.63) is 30.1 Å². The fourth-order valence-electron chi connectivity index (χ4n) is 1.04. The molecule has 70 valence electrons. The molecule has 0 radical (unpaired) electrons. The Kier molecular flexibility index (Phi) is 3.40. The lowest BCUT2D eigenvalue weighted by molar-refractivity contribution is -0.120. The number of aliphatic hydroxyl groups is 1. The molecule has 1 aromatic heterocycles. The van der Waals surface area contributed by atoms with Gasteiger partial charge in [0, 0.05) is 13.1 Å². The highest BCUT2D eigenvalue weighted by Crippen LogP contribution is 2.07. The summed E-state index contributed by atoms with van der Waals surface area (Å²) in [5, 5.41) is 11.6. The topological polar surface area (TPSA) is 62.2 Å². The van der Waals surface area contributed by atoms with Gasteiger partial charge in [0.2, 0.25) is 5.91 Å². The van der Waals surface area contributed by atoms with Gasteiger partial charge in [-0.1, -0.05) is 6.07 Å². The van der Waals surface area contributed by atoms with E-state index in [1.54, 1.807) is 18.3 Å². The Hall–Kier alpha value is -1.42. The van der Waals surface area contributed by atoms with Crippen molar-refractivity contribution in [3.8, 4) is 0 Å². The molecule has 0 unspecified atom stereocenters. The number of hydrogen-bond donors (Lipinski definition) is 2. The molecule has 0 saturated carbocycles. The molecule has 0 aliphatic heterocycles. The Morgan fingerprint density at radius 2 is 2.46 bits per heavy atom. The van der Waals surface area contributed by atoms with Crippen LogP contribution in [0.3, 0.4) is 0 Å². The summed E-state index contributed by atoms with van der Waals surface area (Å²) in [5.74, 6) is -0.176. The predicted octanol–water partition coefficient (Wildman–Crippen LogP) is 0.251. The lowest BCUT2D eigenvalue weighted by atomic mass is 10.2. The number of aliphatic hydroxyl groups excluding tert-OH is 1. The minimum absolute atomic E-state index is 0.142. The second-order valence-corrected chi connectivity index (χ2v) is 2.69. The maximum absolute atomic E-state index is 10.7. The Balaban J connectivity index is 2.73. The lowest BCUT2D eigenvalue weighted by Crippen LogP contribution is -2.29. The van der Waals surface area contributed by atoms with Crippen LogP contribution in [0.5, 0.6) is 0 Å². The zero-order valence-electron chi connectivity index (χ0n) is 7.40. The van der Waals surface area contributed by atoms with Crippen LogP contribution in [-0.2, 0) is 4.79 Å². The van der Waals surface area contributed by atoms with Gasteiger partial charge in [0.05, 0.1) is 18.3 Å². The molecule has 4 nitrogen and oxygen atoms in total. The first-order valence-corrected chi connectivity index (χ1v) is 4.03. The van der Waals surface area contributed by atoms with E-state index in [0.29, 0.717) is 5.69 Å². The van der Waals surface area contributed by atoms with E-state index in [1.165, 1.54) is 6.92 Å². The Bertz CT molecular complexity index is 274. The molecule has 13 heavy (non-hydrogen) atoms. The molecule has 0 aromatic carbocycles. The van der Waals surface area contributed by atoms with Crippen LogP contribution in [0.25, 0.3) is 0 Å². The van der Waals surface area contributed by atoms with E-state index in [1.807, 2.05) is 6.07 Å². The summed E-state index contributed by atoms with van der Waals surface area (Å²) in [5.41, 5.74) is 0.667. The molecule has 0 fully saturated rings. The normalized spacial score (nSPS) is 12.2. The monoisotopic (exact) mass is 180 g/mol. The van der Waals surface area contributed by atoms with Crippen molar-refractivity contribution in [2.45, 2.75) is 13.0 Å². The van der Waals surface area contributed by atoms with Gasteiger partial charge in [-0.3, -0.25) is 9.78 Å². The number of nitrogens with zero attached hydrogens (tertiary/aromatic N) is 1. The second-order valence-electron chi connectivity index (χ2n) is 2.69. The van der Waals surface area contributed by atoms with Gasteiger partial charge in [-0.05, 0) is 12.1 Å². The van der Waals surface area contributed by atoms with Crippen molar-refractivity contribution < 1.29 is 9.90 Å². The summed E-state index contributed by atoms with van der Waals surface area (Å²) in [6.07, 6.45) is 1.62. The van der Waals surface area contributed by atoms with Crippen molar-refractivity contribution in [1.29, 1.82) is 0 Å². The van der Waals surface area contributed by atoms with Gasteiger partial charge in [0.1, 0.15) is 0 Å². The zero-order valence-corrected chi connectivity index (χ0v) is 7.40. The van der Waals surface area contributed by atoms with Crippen molar-refractivity contribution in [2.75, 3.05) is 6.61 Å². The van der Waals surface area contributed by atoms with Gasteiger partial charge < -0.3 is 10.4 Å².